The molecule has 0 heterocycles. The van der Waals surface area contributed by atoms with Crippen LogP contribution in [0.4, 0.5) is 5.69 Å². The van der Waals surface area contributed by atoms with Crippen LogP contribution in [0.2, 0.25) is 5.02 Å². The predicted octanol–water partition coefficient (Wildman–Crippen LogP) is 2.23. The number of halogens is 2. The van der Waals surface area contributed by atoms with Gasteiger partial charge in [-0.2, -0.15) is 0 Å². The van der Waals surface area contributed by atoms with Crippen LogP contribution in [0.25, 0.3) is 0 Å². The van der Waals surface area contributed by atoms with Gasteiger partial charge in [0, 0.05) is 8.59 Å². The van der Waals surface area contributed by atoms with Gasteiger partial charge in [0.2, 0.25) is 5.91 Å². The van der Waals surface area contributed by atoms with Gasteiger partial charge in [-0.25, -0.2) is 0 Å². The van der Waals surface area contributed by atoms with Crippen LogP contribution in [0.15, 0.2) is 18.2 Å². The van der Waals surface area contributed by atoms with Crippen LogP contribution >= 0.6 is 34.2 Å². The fraction of sp³-hybridized carbons (Fsp3) is 0.222. The van der Waals surface area contributed by atoms with Gasteiger partial charge >= 0.3 is 0 Å². The second kappa shape index (κ2) is 4.95. The van der Waals surface area contributed by atoms with E-state index < -0.39 is 6.04 Å². The number of carbonyl (C=O) groups is 1. The Morgan fingerprint density at radius 1 is 1.64 bits per heavy atom. The number of hydrogen-bond acceptors (Lipinski definition) is 2. The highest BCUT2D eigenvalue weighted by molar-refractivity contribution is 14.1. The smallest absolute Gasteiger partial charge is 0.241 e. The summed E-state index contributed by atoms with van der Waals surface area (Å²) in [5, 5.41) is 3.35. The third kappa shape index (κ3) is 3.11. The lowest BCUT2D eigenvalue weighted by atomic mass is 10.3. The topological polar surface area (TPSA) is 55.1 Å². The van der Waals surface area contributed by atoms with E-state index in [9.17, 15) is 4.79 Å². The molecule has 0 radical (unpaired) electrons. The second-order valence-corrected chi connectivity index (χ2v) is 4.50. The molecule has 0 saturated heterocycles. The minimum Gasteiger partial charge on any atom is -0.324 e. The van der Waals surface area contributed by atoms with Gasteiger partial charge in [-0.15, -0.1) is 0 Å². The van der Waals surface area contributed by atoms with Crippen LogP contribution < -0.4 is 11.1 Å². The molecular weight excluding hydrogens is 314 g/mol. The van der Waals surface area contributed by atoms with Crippen molar-refractivity contribution >= 4 is 45.8 Å². The lowest BCUT2D eigenvalue weighted by Gasteiger charge is -2.09. The first kappa shape index (κ1) is 11.7. The Morgan fingerprint density at radius 2 is 2.29 bits per heavy atom. The summed E-state index contributed by atoms with van der Waals surface area (Å²) in [6, 6.07) is 4.74. The Labute approximate surface area is 101 Å². The molecule has 76 valence electrons. The zero-order valence-corrected chi connectivity index (χ0v) is 10.5. The molecule has 1 amide bonds. The molecule has 0 fully saturated rings. The number of nitrogens with two attached hydrogens (primary N) is 1. The van der Waals surface area contributed by atoms with Gasteiger partial charge < -0.3 is 11.1 Å². The average Bonchev–Trinajstić information content (AvgIpc) is 2.09. The van der Waals surface area contributed by atoms with E-state index in [1.54, 1.807) is 25.1 Å². The van der Waals surface area contributed by atoms with Crippen LogP contribution in [0, 0.1) is 3.57 Å². The van der Waals surface area contributed by atoms with Gasteiger partial charge in [0.05, 0.1) is 11.7 Å². The van der Waals surface area contributed by atoms with Crippen LogP contribution in [0.5, 0.6) is 0 Å². The fourth-order valence-corrected chi connectivity index (χ4v) is 1.84. The molecule has 3 N–H and O–H groups in total. The molecule has 14 heavy (non-hydrogen) atoms. The summed E-state index contributed by atoms with van der Waals surface area (Å²) in [4.78, 5) is 11.3. The highest BCUT2D eigenvalue weighted by Gasteiger charge is 2.09. The molecule has 1 rings (SSSR count). The summed E-state index contributed by atoms with van der Waals surface area (Å²) >= 11 is 7.88. The molecule has 0 aliphatic carbocycles. The van der Waals surface area contributed by atoms with Crippen LogP contribution in [-0.4, -0.2) is 11.9 Å². The van der Waals surface area contributed by atoms with Gasteiger partial charge in [-0.05, 0) is 47.7 Å². The Hall–Kier alpha value is -0.330. The molecular formula is C9H10ClIN2O. The molecule has 3 nitrogen and oxygen atoms in total. The molecule has 1 unspecified atom stereocenters. The van der Waals surface area contributed by atoms with E-state index in [1.165, 1.54) is 0 Å². The van der Waals surface area contributed by atoms with Crippen molar-refractivity contribution < 1.29 is 4.79 Å². The molecule has 0 aliphatic heterocycles. The van der Waals surface area contributed by atoms with Crippen LogP contribution in [0.3, 0.4) is 0 Å². The predicted molar refractivity (Wildman–Crippen MR) is 66.4 cm³/mol. The largest absolute Gasteiger partial charge is 0.324 e. The second-order valence-electron chi connectivity index (χ2n) is 2.90. The van der Waals surface area contributed by atoms with Crippen molar-refractivity contribution in [2.75, 3.05) is 5.32 Å². The van der Waals surface area contributed by atoms with E-state index in [1.807, 2.05) is 0 Å². The van der Waals surface area contributed by atoms with Gasteiger partial charge in [0.25, 0.3) is 0 Å². The normalized spacial score (nSPS) is 12.3. The number of nitrogens with one attached hydrogen (secondary N) is 1. The Kier molecular flexibility index (Phi) is 4.15. The zero-order valence-electron chi connectivity index (χ0n) is 7.55. The molecule has 0 aromatic heterocycles. The summed E-state index contributed by atoms with van der Waals surface area (Å²) < 4.78 is 0.893. The first-order chi connectivity index (χ1) is 6.50. The van der Waals surface area contributed by atoms with E-state index in [0.717, 1.165) is 9.26 Å². The molecule has 0 bridgehead atoms. The number of carbonyl (C=O) groups excluding carboxylic acids is 1. The standard InChI is InChI=1S/C9H10ClIN2O/c1-5(12)9(14)13-8-3-2-6(10)4-7(8)11/h2-5H,12H2,1H3,(H,13,14). The fourth-order valence-electron chi connectivity index (χ4n) is 0.837. The molecule has 1 atom stereocenters. The third-order valence-electron chi connectivity index (χ3n) is 1.60. The van der Waals surface area contributed by atoms with Crippen molar-refractivity contribution in [3.05, 3.63) is 26.8 Å². The summed E-state index contributed by atoms with van der Waals surface area (Å²) in [6.07, 6.45) is 0. The Balaban J connectivity index is 2.82. The monoisotopic (exact) mass is 324 g/mol. The number of benzene rings is 1. The third-order valence-corrected chi connectivity index (χ3v) is 2.73. The van der Waals surface area contributed by atoms with Crippen molar-refractivity contribution in [2.24, 2.45) is 5.73 Å². The molecule has 1 aromatic rings. The summed E-state index contributed by atoms with van der Waals surface area (Å²) in [5.41, 5.74) is 6.16. The number of amides is 1. The van der Waals surface area contributed by atoms with Gasteiger partial charge in [-0.1, -0.05) is 11.6 Å². The van der Waals surface area contributed by atoms with Crippen LogP contribution in [-0.2, 0) is 4.79 Å². The number of rotatable bonds is 2. The quantitative estimate of drug-likeness (QED) is 0.820. The van der Waals surface area contributed by atoms with Crippen molar-refractivity contribution in [3.63, 3.8) is 0 Å². The zero-order chi connectivity index (χ0) is 10.7. The van der Waals surface area contributed by atoms with E-state index >= 15 is 0 Å². The van der Waals surface area contributed by atoms with Crippen molar-refractivity contribution in [1.82, 2.24) is 0 Å². The molecule has 1 aromatic carbocycles. The molecule has 0 saturated carbocycles. The first-order valence-corrected chi connectivity index (χ1v) is 5.48. The average molecular weight is 325 g/mol. The minimum atomic E-state index is -0.513. The highest BCUT2D eigenvalue weighted by atomic mass is 127. The number of hydrogen-bond donors (Lipinski definition) is 2. The van der Waals surface area contributed by atoms with Crippen LogP contribution in [0.1, 0.15) is 6.92 Å². The van der Waals surface area contributed by atoms with Crippen molar-refractivity contribution in [3.8, 4) is 0 Å². The van der Waals surface area contributed by atoms with E-state index in [-0.39, 0.29) is 5.91 Å². The maximum absolute atomic E-state index is 11.3. The minimum absolute atomic E-state index is 0.203. The maximum atomic E-state index is 11.3. The lowest BCUT2D eigenvalue weighted by molar-refractivity contribution is -0.117. The Morgan fingerprint density at radius 3 is 2.79 bits per heavy atom. The molecule has 5 heteroatoms. The van der Waals surface area contributed by atoms with Gasteiger partial charge in [0.15, 0.2) is 0 Å². The van der Waals surface area contributed by atoms with E-state index in [2.05, 4.69) is 27.9 Å². The van der Waals surface area contributed by atoms with E-state index in [0.29, 0.717) is 5.02 Å². The van der Waals surface area contributed by atoms with Crippen molar-refractivity contribution in [1.29, 1.82) is 0 Å². The molecule has 0 spiro atoms. The summed E-state index contributed by atoms with van der Waals surface area (Å²) in [5.74, 6) is -0.203. The SMILES string of the molecule is CC(N)C(=O)Nc1ccc(Cl)cc1I. The van der Waals surface area contributed by atoms with Gasteiger partial charge in [-0.3, -0.25) is 4.79 Å². The number of anilines is 1. The van der Waals surface area contributed by atoms with Crippen molar-refractivity contribution in [2.45, 2.75) is 13.0 Å². The summed E-state index contributed by atoms with van der Waals surface area (Å²) in [6.45, 7) is 1.64. The van der Waals surface area contributed by atoms with Gasteiger partial charge in [0.1, 0.15) is 0 Å². The van der Waals surface area contributed by atoms with E-state index in [4.69, 9.17) is 17.3 Å². The maximum Gasteiger partial charge on any atom is 0.241 e. The molecule has 0 aliphatic rings. The summed E-state index contributed by atoms with van der Waals surface area (Å²) in [7, 11) is 0. The Bertz CT molecular complexity index is 355. The first-order valence-electron chi connectivity index (χ1n) is 4.02. The highest BCUT2D eigenvalue weighted by Crippen LogP contribution is 2.22. The lowest BCUT2D eigenvalue weighted by Crippen LogP contribution is -2.32.